The molecule has 1 aromatic carbocycles. The molecule has 0 aromatic heterocycles. The van der Waals surface area contributed by atoms with E-state index in [0.29, 0.717) is 25.1 Å². The SMILES string of the molecule is Cc1ccc(NC(=O)C(=O)NCCC(O)C(C)(C)C)cc1N1CCCC1=O. The maximum Gasteiger partial charge on any atom is 0.313 e. The maximum absolute atomic E-state index is 12.1. The molecule has 0 spiro atoms. The van der Waals surface area contributed by atoms with Gasteiger partial charge in [-0.15, -0.1) is 0 Å². The van der Waals surface area contributed by atoms with Crippen LogP contribution in [0.2, 0.25) is 0 Å². The van der Waals surface area contributed by atoms with Gasteiger partial charge in [-0.3, -0.25) is 14.4 Å². The van der Waals surface area contributed by atoms with Crippen LogP contribution in [-0.2, 0) is 14.4 Å². The van der Waals surface area contributed by atoms with Crippen LogP contribution in [0.5, 0.6) is 0 Å². The number of benzene rings is 1. The van der Waals surface area contributed by atoms with E-state index in [-0.39, 0.29) is 17.9 Å². The molecule has 1 saturated heterocycles. The second-order valence-corrected chi connectivity index (χ2v) is 8.03. The van der Waals surface area contributed by atoms with Gasteiger partial charge in [-0.25, -0.2) is 0 Å². The molecule has 0 saturated carbocycles. The maximum atomic E-state index is 12.1. The number of anilines is 2. The van der Waals surface area contributed by atoms with Gasteiger partial charge in [0, 0.05) is 30.9 Å². The number of rotatable bonds is 5. The van der Waals surface area contributed by atoms with Crippen molar-refractivity contribution in [2.45, 2.75) is 53.1 Å². The summed E-state index contributed by atoms with van der Waals surface area (Å²) in [7, 11) is 0. The first-order valence-corrected chi connectivity index (χ1v) is 9.28. The quantitative estimate of drug-likeness (QED) is 0.685. The summed E-state index contributed by atoms with van der Waals surface area (Å²) in [5.41, 5.74) is 1.87. The highest BCUT2D eigenvalue weighted by atomic mass is 16.3. The van der Waals surface area contributed by atoms with Crippen molar-refractivity contribution in [1.29, 1.82) is 0 Å². The van der Waals surface area contributed by atoms with E-state index in [1.165, 1.54) is 0 Å². The lowest BCUT2D eigenvalue weighted by Gasteiger charge is -2.25. The molecule has 27 heavy (non-hydrogen) atoms. The van der Waals surface area contributed by atoms with Gasteiger partial charge in [-0.1, -0.05) is 26.8 Å². The molecule has 1 aliphatic rings. The fraction of sp³-hybridized carbons (Fsp3) is 0.550. The number of amides is 3. The fourth-order valence-corrected chi connectivity index (χ4v) is 2.90. The average Bonchev–Trinajstić information content (AvgIpc) is 3.01. The molecule has 2 rings (SSSR count). The minimum Gasteiger partial charge on any atom is -0.393 e. The molecule has 0 bridgehead atoms. The fourth-order valence-electron chi connectivity index (χ4n) is 2.90. The van der Waals surface area contributed by atoms with Crippen molar-refractivity contribution in [2.75, 3.05) is 23.3 Å². The molecule has 1 aromatic rings. The minimum absolute atomic E-state index is 0.0664. The van der Waals surface area contributed by atoms with Crippen LogP contribution in [0.1, 0.15) is 45.6 Å². The summed E-state index contributed by atoms with van der Waals surface area (Å²) in [4.78, 5) is 37.7. The van der Waals surface area contributed by atoms with Crippen LogP contribution >= 0.6 is 0 Å². The number of hydrogen-bond acceptors (Lipinski definition) is 4. The summed E-state index contributed by atoms with van der Waals surface area (Å²) in [6.45, 7) is 8.50. The molecule has 1 atom stereocenters. The van der Waals surface area contributed by atoms with E-state index >= 15 is 0 Å². The van der Waals surface area contributed by atoms with Crippen LogP contribution < -0.4 is 15.5 Å². The third-order valence-corrected chi connectivity index (χ3v) is 4.74. The Bertz CT molecular complexity index is 724. The van der Waals surface area contributed by atoms with Crippen molar-refractivity contribution in [3.8, 4) is 0 Å². The van der Waals surface area contributed by atoms with Gasteiger partial charge in [0.15, 0.2) is 0 Å². The highest BCUT2D eigenvalue weighted by Gasteiger charge is 2.24. The molecular formula is C20H29N3O4. The Morgan fingerprint density at radius 2 is 1.96 bits per heavy atom. The number of nitrogens with zero attached hydrogens (tertiary/aromatic N) is 1. The number of hydrogen-bond donors (Lipinski definition) is 3. The molecule has 1 aliphatic heterocycles. The van der Waals surface area contributed by atoms with Crippen molar-refractivity contribution in [3.05, 3.63) is 23.8 Å². The van der Waals surface area contributed by atoms with Crippen LogP contribution in [0.15, 0.2) is 18.2 Å². The third-order valence-electron chi connectivity index (χ3n) is 4.74. The lowest BCUT2D eigenvalue weighted by molar-refractivity contribution is -0.136. The molecule has 148 valence electrons. The zero-order valence-electron chi connectivity index (χ0n) is 16.5. The summed E-state index contributed by atoms with van der Waals surface area (Å²) in [6.07, 6.45) is 1.14. The number of carbonyl (C=O) groups excluding carboxylic acids is 3. The molecular weight excluding hydrogens is 346 g/mol. The van der Waals surface area contributed by atoms with Gasteiger partial charge in [-0.2, -0.15) is 0 Å². The minimum atomic E-state index is -0.775. The molecule has 0 radical (unpaired) electrons. The molecule has 0 aliphatic carbocycles. The molecule has 3 N–H and O–H groups in total. The molecule has 1 unspecified atom stereocenters. The smallest absolute Gasteiger partial charge is 0.313 e. The van der Waals surface area contributed by atoms with E-state index < -0.39 is 17.9 Å². The van der Waals surface area contributed by atoms with Crippen molar-refractivity contribution >= 4 is 29.1 Å². The summed E-state index contributed by atoms with van der Waals surface area (Å²) >= 11 is 0. The molecule has 1 fully saturated rings. The summed E-state index contributed by atoms with van der Waals surface area (Å²) in [5.74, 6) is -1.46. The van der Waals surface area contributed by atoms with Gasteiger partial charge in [0.2, 0.25) is 5.91 Å². The van der Waals surface area contributed by atoms with E-state index in [2.05, 4.69) is 10.6 Å². The standard InChI is InChI=1S/C20H29N3O4/c1-13-7-8-14(12-15(13)23-11-5-6-17(23)25)22-19(27)18(26)21-10-9-16(24)20(2,3)4/h7-8,12,16,24H,5-6,9-11H2,1-4H3,(H,21,26)(H,22,27). The highest BCUT2D eigenvalue weighted by Crippen LogP contribution is 2.28. The van der Waals surface area contributed by atoms with E-state index in [0.717, 1.165) is 17.7 Å². The lowest BCUT2D eigenvalue weighted by atomic mass is 9.87. The number of nitrogens with one attached hydrogen (secondary N) is 2. The topological polar surface area (TPSA) is 98.7 Å². The average molecular weight is 375 g/mol. The van der Waals surface area contributed by atoms with E-state index in [1.54, 1.807) is 17.0 Å². The largest absolute Gasteiger partial charge is 0.393 e. The second kappa shape index (κ2) is 8.52. The van der Waals surface area contributed by atoms with Crippen molar-refractivity contribution in [2.24, 2.45) is 5.41 Å². The van der Waals surface area contributed by atoms with Crippen LogP contribution in [0.25, 0.3) is 0 Å². The number of aliphatic hydroxyl groups excluding tert-OH is 1. The Kier molecular flexibility index (Phi) is 6.59. The first kappa shape index (κ1) is 20.9. The Balaban J connectivity index is 1.93. The first-order chi connectivity index (χ1) is 12.6. The van der Waals surface area contributed by atoms with Gasteiger partial charge < -0.3 is 20.6 Å². The third kappa shape index (κ3) is 5.53. The van der Waals surface area contributed by atoms with Crippen molar-refractivity contribution in [1.82, 2.24) is 5.32 Å². The summed E-state index contributed by atoms with van der Waals surface area (Å²) < 4.78 is 0. The Morgan fingerprint density at radius 1 is 1.26 bits per heavy atom. The van der Waals surface area contributed by atoms with Gasteiger partial charge >= 0.3 is 11.8 Å². The Morgan fingerprint density at radius 3 is 2.56 bits per heavy atom. The van der Waals surface area contributed by atoms with Gasteiger partial charge in [0.25, 0.3) is 0 Å². The van der Waals surface area contributed by atoms with Crippen molar-refractivity contribution < 1.29 is 19.5 Å². The second-order valence-electron chi connectivity index (χ2n) is 8.03. The van der Waals surface area contributed by atoms with Crippen LogP contribution in [-0.4, -0.2) is 42.0 Å². The van der Waals surface area contributed by atoms with E-state index in [1.807, 2.05) is 33.8 Å². The monoisotopic (exact) mass is 375 g/mol. The molecule has 7 nitrogen and oxygen atoms in total. The molecule has 1 heterocycles. The highest BCUT2D eigenvalue weighted by molar-refractivity contribution is 6.39. The van der Waals surface area contributed by atoms with E-state index in [4.69, 9.17) is 0 Å². The van der Waals surface area contributed by atoms with Gasteiger partial charge in [0.1, 0.15) is 0 Å². The molecule has 3 amide bonds. The van der Waals surface area contributed by atoms with Gasteiger partial charge in [0.05, 0.1) is 6.10 Å². The predicted octanol–water partition coefficient (Wildman–Crippen LogP) is 1.97. The first-order valence-electron chi connectivity index (χ1n) is 9.28. The van der Waals surface area contributed by atoms with Crippen LogP contribution in [0.4, 0.5) is 11.4 Å². The number of aryl methyl sites for hydroxylation is 1. The Labute approximate surface area is 160 Å². The lowest BCUT2D eigenvalue weighted by Crippen LogP contribution is -2.38. The zero-order chi connectivity index (χ0) is 20.2. The molecule has 7 heteroatoms. The van der Waals surface area contributed by atoms with Crippen LogP contribution in [0.3, 0.4) is 0 Å². The summed E-state index contributed by atoms with van der Waals surface area (Å²) in [6, 6.07) is 5.23. The van der Waals surface area contributed by atoms with Crippen molar-refractivity contribution in [3.63, 3.8) is 0 Å². The number of aliphatic hydroxyl groups is 1. The van der Waals surface area contributed by atoms with Gasteiger partial charge in [-0.05, 0) is 42.9 Å². The Hall–Kier alpha value is -2.41. The number of carbonyl (C=O) groups is 3. The predicted molar refractivity (Wildman–Crippen MR) is 104 cm³/mol. The summed E-state index contributed by atoms with van der Waals surface area (Å²) in [5, 5.41) is 15.1. The zero-order valence-corrected chi connectivity index (χ0v) is 16.5. The van der Waals surface area contributed by atoms with Crippen LogP contribution in [0, 0.1) is 12.3 Å². The normalized spacial score (nSPS) is 15.6. The van der Waals surface area contributed by atoms with E-state index in [9.17, 15) is 19.5 Å².